The maximum atomic E-state index is 10.7. The monoisotopic (exact) mass is 211 g/mol. The molecule has 0 heterocycles. The summed E-state index contributed by atoms with van der Waals surface area (Å²) in [4.78, 5) is 12.8. The molecule has 0 aromatic heterocycles. The average molecular weight is 212 g/mol. The Morgan fingerprint density at radius 3 is 2.00 bits per heavy atom. The molecule has 4 heteroatoms. The molecular weight excluding hydrogens is 197 g/mol. The molecule has 2 nitrogen and oxygen atoms in total. The first kappa shape index (κ1) is 12.2. The highest BCUT2D eigenvalue weighted by atomic mass is 35.5. The predicted molar refractivity (Wildman–Crippen MR) is 53.2 cm³/mol. The van der Waals surface area contributed by atoms with Gasteiger partial charge < -0.3 is 4.90 Å². The van der Waals surface area contributed by atoms with Gasteiger partial charge in [0.05, 0.1) is 0 Å². The van der Waals surface area contributed by atoms with Crippen molar-refractivity contribution in [2.24, 2.45) is 0 Å². The first-order valence-corrected chi connectivity index (χ1v) is 5.11. The van der Waals surface area contributed by atoms with E-state index in [2.05, 4.69) is 4.90 Å². The molecule has 0 aliphatic heterocycles. The van der Waals surface area contributed by atoms with E-state index in [1.807, 2.05) is 0 Å². The molecule has 12 heavy (non-hydrogen) atoms. The highest BCUT2D eigenvalue weighted by molar-refractivity contribution is 6.18. The zero-order valence-corrected chi connectivity index (χ0v) is 8.87. The number of carbonyl (C=O) groups excluding carboxylic acids is 1. The zero-order chi connectivity index (χ0) is 9.40. The van der Waals surface area contributed by atoms with Crippen molar-refractivity contribution in [1.29, 1.82) is 0 Å². The fraction of sp³-hybridized carbons (Fsp3) is 0.875. The maximum Gasteiger partial charge on any atom is 0.131 e. The van der Waals surface area contributed by atoms with Crippen molar-refractivity contribution >= 4 is 29.0 Å². The molecule has 0 unspecified atom stereocenters. The molecule has 0 amide bonds. The standard InChI is InChI=1S/C8H15Cl2NO/c1-8(12)2-5-11(6-3-9)7-4-10/h2-7H2,1H3. The molecular formula is C8H15Cl2NO. The highest BCUT2D eigenvalue weighted by Crippen LogP contribution is 1.94. The molecule has 0 bridgehead atoms. The van der Waals surface area contributed by atoms with E-state index in [9.17, 15) is 4.79 Å². The Bertz CT molecular complexity index is 124. The SMILES string of the molecule is CC(=O)CCN(CCCl)CCCl. The summed E-state index contributed by atoms with van der Waals surface area (Å²) >= 11 is 11.2. The normalized spacial score (nSPS) is 10.7. The minimum atomic E-state index is 0.212. The second-order valence-electron chi connectivity index (χ2n) is 2.67. The second-order valence-corrected chi connectivity index (χ2v) is 3.43. The van der Waals surface area contributed by atoms with Gasteiger partial charge >= 0.3 is 0 Å². The fourth-order valence-electron chi connectivity index (χ4n) is 0.890. The summed E-state index contributed by atoms with van der Waals surface area (Å²) in [6.07, 6.45) is 0.591. The van der Waals surface area contributed by atoms with Crippen LogP contribution in [0.4, 0.5) is 0 Å². The number of carbonyl (C=O) groups is 1. The third-order valence-electron chi connectivity index (χ3n) is 1.58. The van der Waals surface area contributed by atoms with Crippen molar-refractivity contribution in [3.63, 3.8) is 0 Å². The van der Waals surface area contributed by atoms with Crippen LogP contribution in [0.3, 0.4) is 0 Å². The summed E-state index contributed by atoms with van der Waals surface area (Å²) in [6, 6.07) is 0. The van der Waals surface area contributed by atoms with E-state index in [-0.39, 0.29) is 5.78 Å². The topological polar surface area (TPSA) is 20.3 Å². The van der Waals surface area contributed by atoms with Crippen LogP contribution in [0.5, 0.6) is 0 Å². The van der Waals surface area contributed by atoms with E-state index in [4.69, 9.17) is 23.2 Å². The lowest BCUT2D eigenvalue weighted by Crippen LogP contribution is -2.29. The van der Waals surface area contributed by atoms with Gasteiger partial charge in [-0.3, -0.25) is 4.79 Å². The van der Waals surface area contributed by atoms with Crippen LogP contribution in [0, 0.1) is 0 Å². The van der Waals surface area contributed by atoms with Gasteiger partial charge in [-0.1, -0.05) is 0 Å². The van der Waals surface area contributed by atoms with Crippen molar-refractivity contribution in [2.45, 2.75) is 13.3 Å². The number of alkyl halides is 2. The van der Waals surface area contributed by atoms with E-state index in [0.29, 0.717) is 18.2 Å². The van der Waals surface area contributed by atoms with Crippen LogP contribution >= 0.6 is 23.2 Å². The molecule has 0 fully saturated rings. The zero-order valence-electron chi connectivity index (χ0n) is 7.35. The highest BCUT2D eigenvalue weighted by Gasteiger charge is 2.03. The third-order valence-corrected chi connectivity index (χ3v) is 1.92. The van der Waals surface area contributed by atoms with Crippen LogP contribution in [-0.2, 0) is 4.79 Å². The fourth-order valence-corrected chi connectivity index (χ4v) is 1.37. The van der Waals surface area contributed by atoms with Gasteiger partial charge in [0.2, 0.25) is 0 Å². The van der Waals surface area contributed by atoms with Crippen molar-refractivity contribution in [3.05, 3.63) is 0 Å². The second kappa shape index (κ2) is 7.84. The number of halogens is 2. The molecule has 0 saturated carbocycles. The molecule has 0 saturated heterocycles. The van der Waals surface area contributed by atoms with Gasteiger partial charge in [0, 0.05) is 37.8 Å². The number of ketones is 1. The van der Waals surface area contributed by atoms with E-state index in [0.717, 1.165) is 19.6 Å². The summed E-state index contributed by atoms with van der Waals surface area (Å²) < 4.78 is 0. The van der Waals surface area contributed by atoms with E-state index < -0.39 is 0 Å². The van der Waals surface area contributed by atoms with Gasteiger partial charge in [0.1, 0.15) is 5.78 Å². The van der Waals surface area contributed by atoms with Gasteiger partial charge in [0.25, 0.3) is 0 Å². The minimum Gasteiger partial charge on any atom is -0.301 e. The molecule has 0 rings (SSSR count). The smallest absolute Gasteiger partial charge is 0.131 e. The lowest BCUT2D eigenvalue weighted by Gasteiger charge is -2.18. The Balaban J connectivity index is 3.54. The maximum absolute atomic E-state index is 10.7. The molecule has 72 valence electrons. The lowest BCUT2D eigenvalue weighted by atomic mass is 10.3. The van der Waals surface area contributed by atoms with Crippen LogP contribution in [0.25, 0.3) is 0 Å². The summed E-state index contributed by atoms with van der Waals surface area (Å²) in [5.74, 6) is 1.40. The van der Waals surface area contributed by atoms with Crippen molar-refractivity contribution in [2.75, 3.05) is 31.4 Å². The molecule has 0 aliphatic rings. The lowest BCUT2D eigenvalue weighted by molar-refractivity contribution is -0.117. The van der Waals surface area contributed by atoms with Gasteiger partial charge in [-0.15, -0.1) is 23.2 Å². The van der Waals surface area contributed by atoms with E-state index in [1.165, 1.54) is 0 Å². The molecule has 0 aliphatic carbocycles. The van der Waals surface area contributed by atoms with Gasteiger partial charge in [-0.05, 0) is 6.92 Å². The largest absolute Gasteiger partial charge is 0.301 e. The van der Waals surface area contributed by atoms with Crippen LogP contribution < -0.4 is 0 Å². The van der Waals surface area contributed by atoms with Crippen molar-refractivity contribution < 1.29 is 4.79 Å². The predicted octanol–water partition coefficient (Wildman–Crippen LogP) is 1.75. The van der Waals surface area contributed by atoms with E-state index >= 15 is 0 Å². The van der Waals surface area contributed by atoms with Crippen molar-refractivity contribution in [3.8, 4) is 0 Å². The Morgan fingerprint density at radius 2 is 1.67 bits per heavy atom. The first-order chi connectivity index (χ1) is 5.70. The van der Waals surface area contributed by atoms with Gasteiger partial charge in [-0.2, -0.15) is 0 Å². The number of nitrogens with zero attached hydrogens (tertiary/aromatic N) is 1. The number of Topliss-reactive ketones (excluding diaryl/α,β-unsaturated/α-hetero) is 1. The Morgan fingerprint density at radius 1 is 1.17 bits per heavy atom. The Labute approximate surface area is 83.8 Å². The van der Waals surface area contributed by atoms with Gasteiger partial charge in [-0.25, -0.2) is 0 Å². The van der Waals surface area contributed by atoms with Crippen LogP contribution in [0.1, 0.15) is 13.3 Å². The number of rotatable bonds is 7. The molecule has 0 N–H and O–H groups in total. The summed E-state index contributed by atoms with van der Waals surface area (Å²) in [5.41, 5.74) is 0. The summed E-state index contributed by atoms with van der Waals surface area (Å²) in [7, 11) is 0. The van der Waals surface area contributed by atoms with Crippen molar-refractivity contribution in [1.82, 2.24) is 4.90 Å². The Hall–Kier alpha value is 0.210. The third kappa shape index (κ3) is 6.89. The quantitative estimate of drug-likeness (QED) is 0.599. The van der Waals surface area contributed by atoms with Crippen LogP contribution in [0.2, 0.25) is 0 Å². The van der Waals surface area contributed by atoms with E-state index in [1.54, 1.807) is 6.92 Å². The summed E-state index contributed by atoms with van der Waals surface area (Å²) in [5, 5.41) is 0. The molecule has 0 atom stereocenters. The van der Waals surface area contributed by atoms with Crippen LogP contribution in [-0.4, -0.2) is 42.1 Å². The first-order valence-electron chi connectivity index (χ1n) is 4.04. The van der Waals surface area contributed by atoms with Crippen LogP contribution in [0.15, 0.2) is 0 Å². The molecule has 0 aromatic rings. The summed E-state index contributed by atoms with van der Waals surface area (Å²) in [6.45, 7) is 3.98. The minimum absolute atomic E-state index is 0.212. The molecule has 0 aromatic carbocycles. The number of hydrogen-bond donors (Lipinski definition) is 0. The Kier molecular flexibility index (Phi) is 7.98. The molecule has 0 radical (unpaired) electrons. The number of hydrogen-bond acceptors (Lipinski definition) is 2. The molecule has 0 spiro atoms. The van der Waals surface area contributed by atoms with Gasteiger partial charge in [0.15, 0.2) is 0 Å². The average Bonchev–Trinajstić information content (AvgIpc) is 2.01.